The van der Waals surface area contributed by atoms with E-state index in [-0.39, 0.29) is 10.0 Å². The molecule has 6 nitrogen and oxygen atoms in total. The molecule has 0 bridgehead atoms. The topological polar surface area (TPSA) is 89.0 Å². The monoisotopic (exact) mass is 341 g/mol. The molecule has 1 N–H and O–H groups in total. The van der Waals surface area contributed by atoms with E-state index >= 15 is 0 Å². The molecule has 2 heterocycles. The minimum absolute atomic E-state index is 0.267. The fourth-order valence-electron chi connectivity index (χ4n) is 1.43. The van der Waals surface area contributed by atoms with Gasteiger partial charge in [0.05, 0.1) is 11.2 Å². The van der Waals surface area contributed by atoms with E-state index in [0.717, 1.165) is 30.6 Å². The zero-order chi connectivity index (χ0) is 16.2. The molecule has 0 aliphatic carbocycles. The summed E-state index contributed by atoms with van der Waals surface area (Å²) < 4.78 is 38.5. The first-order chi connectivity index (χ1) is 10.4. The minimum Gasteiger partial charge on any atom is -0.269 e. The van der Waals surface area contributed by atoms with Crippen LogP contribution in [0.15, 0.2) is 47.9 Å². The van der Waals surface area contributed by atoms with E-state index in [0.29, 0.717) is 5.56 Å². The molecule has 0 atom stereocenters. The lowest BCUT2D eigenvalue weighted by Gasteiger charge is -2.03. The van der Waals surface area contributed by atoms with Gasteiger partial charge in [0.25, 0.3) is 15.9 Å². The lowest BCUT2D eigenvalue weighted by molar-refractivity contribution is -0.114. The fourth-order valence-corrected chi connectivity index (χ4v) is 2.42. The highest BCUT2D eigenvalue weighted by Crippen LogP contribution is 2.10. The molecule has 0 saturated heterocycles. The highest BCUT2D eigenvalue weighted by atomic mass is 35.5. The Morgan fingerprint density at radius 3 is 2.68 bits per heavy atom. The highest BCUT2D eigenvalue weighted by Gasteiger charge is 2.17. The number of carbonyl (C=O) groups excluding carboxylic acids is 1. The molecule has 0 aliphatic rings. The number of nitrogens with one attached hydrogen (secondary N) is 1. The Morgan fingerprint density at radius 1 is 1.27 bits per heavy atom. The average Bonchev–Trinajstić information content (AvgIpc) is 2.45. The zero-order valence-electron chi connectivity index (χ0n) is 10.9. The number of nitrogens with zero attached hydrogens (tertiary/aromatic N) is 2. The predicted octanol–water partition coefficient (Wildman–Crippen LogP) is 1.79. The van der Waals surface area contributed by atoms with E-state index in [1.807, 2.05) is 0 Å². The van der Waals surface area contributed by atoms with Gasteiger partial charge >= 0.3 is 0 Å². The van der Waals surface area contributed by atoms with Gasteiger partial charge in [-0.15, -0.1) is 0 Å². The summed E-state index contributed by atoms with van der Waals surface area (Å²) in [7, 11) is -4.10. The summed E-state index contributed by atoms with van der Waals surface area (Å²) in [5.74, 6) is -1.47. The van der Waals surface area contributed by atoms with Crippen molar-refractivity contribution in [1.29, 1.82) is 0 Å². The van der Waals surface area contributed by atoms with Gasteiger partial charge in [-0.25, -0.2) is 14.1 Å². The summed E-state index contributed by atoms with van der Waals surface area (Å²) >= 11 is 5.61. The second kappa shape index (κ2) is 6.63. The van der Waals surface area contributed by atoms with Gasteiger partial charge in [0.15, 0.2) is 5.03 Å². The van der Waals surface area contributed by atoms with Gasteiger partial charge in [0, 0.05) is 18.5 Å². The number of pyridine rings is 2. The van der Waals surface area contributed by atoms with Gasteiger partial charge < -0.3 is 0 Å². The van der Waals surface area contributed by atoms with Gasteiger partial charge in [-0.1, -0.05) is 11.6 Å². The molecular formula is C13H9ClFN3O3S. The Hall–Kier alpha value is -2.32. The maximum atomic E-state index is 12.9. The summed E-state index contributed by atoms with van der Waals surface area (Å²) in [4.78, 5) is 18.8. The van der Waals surface area contributed by atoms with E-state index in [9.17, 15) is 17.6 Å². The quantitative estimate of drug-likeness (QED) is 0.856. The molecule has 2 aromatic rings. The highest BCUT2D eigenvalue weighted by molar-refractivity contribution is 7.90. The van der Waals surface area contributed by atoms with Gasteiger partial charge in [0.2, 0.25) is 0 Å². The van der Waals surface area contributed by atoms with Crippen molar-refractivity contribution in [1.82, 2.24) is 14.7 Å². The van der Waals surface area contributed by atoms with Crippen LogP contribution in [0, 0.1) is 5.82 Å². The lowest BCUT2D eigenvalue weighted by Crippen LogP contribution is -2.29. The van der Waals surface area contributed by atoms with Crippen molar-refractivity contribution in [2.24, 2.45) is 0 Å². The van der Waals surface area contributed by atoms with Crippen LogP contribution in [-0.4, -0.2) is 24.3 Å². The number of sulfonamides is 1. The van der Waals surface area contributed by atoms with Crippen LogP contribution in [-0.2, 0) is 14.8 Å². The number of aromatic nitrogens is 2. The molecule has 0 fully saturated rings. The summed E-state index contributed by atoms with van der Waals surface area (Å²) in [5, 5.41) is -0.0742. The van der Waals surface area contributed by atoms with Crippen LogP contribution < -0.4 is 4.72 Å². The summed E-state index contributed by atoms with van der Waals surface area (Å²) in [6.45, 7) is 0. The molecule has 0 saturated carbocycles. The summed E-state index contributed by atoms with van der Waals surface area (Å²) in [6.07, 6.45) is 5.66. The Morgan fingerprint density at radius 2 is 2.05 bits per heavy atom. The van der Waals surface area contributed by atoms with Gasteiger partial charge in [-0.05, 0) is 29.8 Å². The first-order valence-electron chi connectivity index (χ1n) is 5.84. The van der Waals surface area contributed by atoms with E-state index in [2.05, 4.69) is 9.97 Å². The maximum Gasteiger partial charge on any atom is 0.281 e. The van der Waals surface area contributed by atoms with Crippen LogP contribution >= 0.6 is 11.6 Å². The largest absolute Gasteiger partial charge is 0.281 e. The molecule has 2 rings (SSSR count). The third-order valence-electron chi connectivity index (χ3n) is 2.36. The van der Waals surface area contributed by atoms with Crippen LogP contribution in [0.2, 0.25) is 5.02 Å². The number of hydrogen-bond donors (Lipinski definition) is 1. The molecule has 0 aliphatic heterocycles. The van der Waals surface area contributed by atoms with Crippen molar-refractivity contribution < 1.29 is 17.6 Å². The summed E-state index contributed by atoms with van der Waals surface area (Å²) in [5.41, 5.74) is 0.317. The number of rotatable bonds is 4. The third kappa shape index (κ3) is 4.34. The molecule has 0 unspecified atom stereocenters. The standard InChI is InChI=1S/C13H9ClFN3O3S/c14-10-2-4-13(17-7-10)22(20,21)18-12(19)3-1-9-5-11(15)8-16-6-9/h1-8H,(H,18,19). The molecule has 0 spiro atoms. The van der Waals surface area contributed by atoms with E-state index in [1.165, 1.54) is 18.3 Å². The Balaban J connectivity index is 2.09. The summed E-state index contributed by atoms with van der Waals surface area (Å²) in [6, 6.07) is 3.64. The SMILES string of the molecule is O=C(C=Cc1cncc(F)c1)NS(=O)(=O)c1ccc(Cl)cn1. The second-order valence-electron chi connectivity index (χ2n) is 4.05. The molecular weight excluding hydrogens is 333 g/mol. The number of carbonyl (C=O) groups is 1. The van der Waals surface area contributed by atoms with Crippen LogP contribution in [0.5, 0.6) is 0 Å². The first kappa shape index (κ1) is 16.1. The Bertz CT molecular complexity index is 823. The number of hydrogen-bond acceptors (Lipinski definition) is 5. The van der Waals surface area contributed by atoms with Crippen molar-refractivity contribution in [2.45, 2.75) is 5.03 Å². The molecule has 114 valence electrons. The zero-order valence-corrected chi connectivity index (χ0v) is 12.5. The van der Waals surface area contributed by atoms with E-state index in [1.54, 1.807) is 4.72 Å². The second-order valence-corrected chi connectivity index (χ2v) is 6.12. The molecule has 9 heteroatoms. The number of halogens is 2. The first-order valence-corrected chi connectivity index (χ1v) is 7.70. The van der Waals surface area contributed by atoms with E-state index in [4.69, 9.17) is 11.6 Å². The van der Waals surface area contributed by atoms with Crippen molar-refractivity contribution in [3.8, 4) is 0 Å². The molecule has 1 amide bonds. The van der Waals surface area contributed by atoms with Crippen LogP contribution in [0.3, 0.4) is 0 Å². The average molecular weight is 342 g/mol. The van der Waals surface area contributed by atoms with Gasteiger partial charge in [-0.2, -0.15) is 8.42 Å². The fraction of sp³-hybridized carbons (Fsp3) is 0. The Labute approximate surface area is 130 Å². The van der Waals surface area contributed by atoms with Crippen molar-refractivity contribution in [3.05, 3.63) is 59.3 Å². The van der Waals surface area contributed by atoms with Crippen LogP contribution in [0.25, 0.3) is 6.08 Å². The maximum absolute atomic E-state index is 12.9. The molecule has 0 radical (unpaired) electrons. The van der Waals surface area contributed by atoms with Gasteiger partial charge in [-0.3, -0.25) is 9.78 Å². The molecule has 2 aromatic heterocycles. The normalized spacial score (nSPS) is 11.5. The van der Waals surface area contributed by atoms with Crippen molar-refractivity contribution >= 4 is 33.6 Å². The minimum atomic E-state index is -4.10. The Kier molecular flexibility index (Phi) is 4.84. The van der Waals surface area contributed by atoms with Crippen LogP contribution in [0.4, 0.5) is 4.39 Å². The lowest BCUT2D eigenvalue weighted by atomic mass is 10.2. The third-order valence-corrected chi connectivity index (χ3v) is 3.85. The van der Waals surface area contributed by atoms with Crippen molar-refractivity contribution in [2.75, 3.05) is 0 Å². The predicted molar refractivity (Wildman–Crippen MR) is 77.8 cm³/mol. The smallest absolute Gasteiger partial charge is 0.269 e. The van der Waals surface area contributed by atoms with Crippen molar-refractivity contribution in [3.63, 3.8) is 0 Å². The number of amides is 1. The van der Waals surface area contributed by atoms with E-state index < -0.39 is 21.7 Å². The van der Waals surface area contributed by atoms with Gasteiger partial charge in [0.1, 0.15) is 5.82 Å². The molecule has 0 aromatic carbocycles. The molecule has 22 heavy (non-hydrogen) atoms. The van der Waals surface area contributed by atoms with Crippen LogP contribution in [0.1, 0.15) is 5.56 Å².